The predicted octanol–water partition coefficient (Wildman–Crippen LogP) is 4.15. The summed E-state index contributed by atoms with van der Waals surface area (Å²) in [5.41, 5.74) is 3.92. The molecule has 0 spiro atoms. The average Bonchev–Trinajstić information content (AvgIpc) is 2.44. The number of ketones is 1. The normalized spacial score (nSPS) is 10.6. The van der Waals surface area contributed by atoms with E-state index in [9.17, 15) is 4.79 Å². The monoisotopic (exact) mass is 286 g/mol. The van der Waals surface area contributed by atoms with Gasteiger partial charge in [0.1, 0.15) is 0 Å². The number of nitrogens with zero attached hydrogens (tertiary/aromatic N) is 2. The molecule has 0 N–H and O–H groups in total. The van der Waals surface area contributed by atoms with Gasteiger partial charge in [0.05, 0.1) is 0 Å². The molecule has 1 aromatic heterocycles. The summed E-state index contributed by atoms with van der Waals surface area (Å²) >= 11 is 1.52. The van der Waals surface area contributed by atoms with E-state index in [0.29, 0.717) is 6.42 Å². The summed E-state index contributed by atoms with van der Waals surface area (Å²) in [7, 11) is 0. The van der Waals surface area contributed by atoms with Crippen LogP contribution in [-0.4, -0.2) is 15.8 Å². The van der Waals surface area contributed by atoms with Gasteiger partial charge in [-0.25, -0.2) is 9.97 Å². The average molecular weight is 286 g/mol. The lowest BCUT2D eigenvalue weighted by molar-refractivity contribution is 0.0988. The topological polar surface area (TPSA) is 42.9 Å². The van der Waals surface area contributed by atoms with Crippen LogP contribution in [0.4, 0.5) is 0 Å². The Labute approximate surface area is 123 Å². The lowest BCUT2D eigenvalue weighted by atomic mass is 10.1. The van der Waals surface area contributed by atoms with E-state index in [1.807, 2.05) is 52.0 Å². The van der Waals surface area contributed by atoms with Crippen molar-refractivity contribution in [3.63, 3.8) is 0 Å². The highest BCUT2D eigenvalue weighted by molar-refractivity contribution is 7.99. The number of Topliss-reactive ketones (excluding diaryl/α,β-unsaturated/α-hetero) is 1. The molecule has 2 aromatic rings. The second-order valence-corrected chi connectivity index (χ2v) is 5.75. The second kappa shape index (κ2) is 6.18. The lowest BCUT2D eigenvalue weighted by Gasteiger charge is -2.07. The van der Waals surface area contributed by atoms with Crippen LogP contribution in [0.5, 0.6) is 0 Å². The Morgan fingerprint density at radius 3 is 2.10 bits per heavy atom. The fourth-order valence-corrected chi connectivity index (χ4v) is 2.65. The quantitative estimate of drug-likeness (QED) is 0.625. The lowest BCUT2D eigenvalue weighted by Crippen LogP contribution is -1.98. The summed E-state index contributed by atoms with van der Waals surface area (Å²) in [5.74, 6) is 0.167. The number of benzene rings is 1. The van der Waals surface area contributed by atoms with Gasteiger partial charge in [-0.1, -0.05) is 19.1 Å². The molecule has 0 radical (unpaired) electrons. The first-order valence-corrected chi connectivity index (χ1v) is 7.46. The standard InChI is InChI=1S/C16H18N2OS/c1-5-15(19)13-6-8-14(9-7-13)20-16-17-11(3)10(2)12(4)18-16/h6-9H,5H2,1-4H3. The molecule has 1 aromatic carbocycles. The number of carbonyl (C=O) groups is 1. The minimum Gasteiger partial charge on any atom is -0.294 e. The van der Waals surface area contributed by atoms with E-state index in [0.717, 1.165) is 32.6 Å². The van der Waals surface area contributed by atoms with Crippen molar-refractivity contribution in [3.05, 3.63) is 46.8 Å². The first kappa shape index (κ1) is 14.7. The Morgan fingerprint density at radius 2 is 1.60 bits per heavy atom. The van der Waals surface area contributed by atoms with Crippen molar-refractivity contribution in [2.24, 2.45) is 0 Å². The number of hydrogen-bond acceptors (Lipinski definition) is 4. The molecule has 3 nitrogen and oxygen atoms in total. The fraction of sp³-hybridized carbons (Fsp3) is 0.312. The number of aryl methyl sites for hydroxylation is 2. The van der Waals surface area contributed by atoms with Gasteiger partial charge < -0.3 is 0 Å². The first-order chi connectivity index (χ1) is 9.51. The third-order valence-electron chi connectivity index (χ3n) is 3.32. The van der Waals surface area contributed by atoms with E-state index in [1.165, 1.54) is 11.8 Å². The van der Waals surface area contributed by atoms with Gasteiger partial charge in [-0.05, 0) is 50.2 Å². The van der Waals surface area contributed by atoms with Gasteiger partial charge >= 0.3 is 0 Å². The summed E-state index contributed by atoms with van der Waals surface area (Å²) in [6.07, 6.45) is 0.534. The van der Waals surface area contributed by atoms with Crippen molar-refractivity contribution >= 4 is 17.5 Å². The molecular weight excluding hydrogens is 268 g/mol. The number of hydrogen-bond donors (Lipinski definition) is 0. The van der Waals surface area contributed by atoms with Gasteiger partial charge in [0.25, 0.3) is 0 Å². The number of rotatable bonds is 4. The number of carbonyl (C=O) groups excluding carboxylic acids is 1. The Bertz CT molecular complexity index is 612. The van der Waals surface area contributed by atoms with Gasteiger partial charge in [0, 0.05) is 28.3 Å². The summed E-state index contributed by atoms with van der Waals surface area (Å²) in [6.45, 7) is 7.90. The predicted molar refractivity (Wildman–Crippen MR) is 81.4 cm³/mol. The molecule has 0 saturated carbocycles. The Kier molecular flexibility index (Phi) is 4.55. The van der Waals surface area contributed by atoms with Crippen molar-refractivity contribution in [1.82, 2.24) is 9.97 Å². The van der Waals surface area contributed by atoms with Crippen LogP contribution in [0.1, 0.15) is 40.7 Å². The molecule has 20 heavy (non-hydrogen) atoms. The largest absolute Gasteiger partial charge is 0.294 e. The van der Waals surface area contributed by atoms with Gasteiger partial charge in [0.2, 0.25) is 0 Å². The molecule has 0 amide bonds. The highest BCUT2D eigenvalue weighted by atomic mass is 32.2. The molecule has 1 heterocycles. The third kappa shape index (κ3) is 3.25. The van der Waals surface area contributed by atoms with Crippen LogP contribution in [0.2, 0.25) is 0 Å². The van der Waals surface area contributed by atoms with E-state index in [-0.39, 0.29) is 5.78 Å². The van der Waals surface area contributed by atoms with Crippen LogP contribution in [0.25, 0.3) is 0 Å². The van der Waals surface area contributed by atoms with Crippen LogP contribution < -0.4 is 0 Å². The fourth-order valence-electron chi connectivity index (χ4n) is 1.81. The van der Waals surface area contributed by atoms with E-state index < -0.39 is 0 Å². The minimum atomic E-state index is 0.167. The van der Waals surface area contributed by atoms with Gasteiger partial charge in [-0.15, -0.1) is 0 Å². The maximum Gasteiger partial charge on any atom is 0.192 e. The zero-order valence-electron chi connectivity index (χ0n) is 12.2. The maximum atomic E-state index is 11.6. The van der Waals surface area contributed by atoms with Crippen LogP contribution in [0, 0.1) is 20.8 Å². The SMILES string of the molecule is CCC(=O)c1ccc(Sc2nc(C)c(C)c(C)n2)cc1. The van der Waals surface area contributed by atoms with Crippen LogP contribution in [0.15, 0.2) is 34.3 Å². The molecular formula is C16H18N2OS. The molecule has 0 aliphatic rings. The Balaban J connectivity index is 2.20. The van der Waals surface area contributed by atoms with E-state index in [4.69, 9.17) is 0 Å². The van der Waals surface area contributed by atoms with Crippen molar-refractivity contribution in [1.29, 1.82) is 0 Å². The molecule has 0 aliphatic heterocycles. The highest BCUT2D eigenvalue weighted by Gasteiger charge is 2.07. The van der Waals surface area contributed by atoms with Crippen LogP contribution in [-0.2, 0) is 0 Å². The molecule has 0 saturated heterocycles. The molecule has 4 heteroatoms. The van der Waals surface area contributed by atoms with Gasteiger partial charge in [-0.2, -0.15) is 0 Å². The summed E-state index contributed by atoms with van der Waals surface area (Å²) in [6, 6.07) is 7.62. The molecule has 0 unspecified atom stereocenters. The van der Waals surface area contributed by atoms with Crippen LogP contribution in [0.3, 0.4) is 0 Å². The zero-order valence-corrected chi connectivity index (χ0v) is 13.0. The van der Waals surface area contributed by atoms with E-state index in [2.05, 4.69) is 9.97 Å². The third-order valence-corrected chi connectivity index (χ3v) is 4.19. The summed E-state index contributed by atoms with van der Waals surface area (Å²) < 4.78 is 0. The smallest absolute Gasteiger partial charge is 0.192 e. The second-order valence-electron chi connectivity index (χ2n) is 4.71. The molecule has 0 fully saturated rings. The summed E-state index contributed by atoms with van der Waals surface area (Å²) in [5, 5.41) is 0.750. The molecule has 0 atom stereocenters. The summed E-state index contributed by atoms with van der Waals surface area (Å²) in [4.78, 5) is 21.6. The Morgan fingerprint density at radius 1 is 1.05 bits per heavy atom. The van der Waals surface area contributed by atoms with Crippen molar-refractivity contribution in [2.45, 2.75) is 44.2 Å². The molecule has 0 aliphatic carbocycles. The van der Waals surface area contributed by atoms with Crippen molar-refractivity contribution < 1.29 is 4.79 Å². The first-order valence-electron chi connectivity index (χ1n) is 6.64. The number of aromatic nitrogens is 2. The van der Waals surface area contributed by atoms with Crippen molar-refractivity contribution in [2.75, 3.05) is 0 Å². The van der Waals surface area contributed by atoms with Gasteiger partial charge in [0.15, 0.2) is 10.9 Å². The Hall–Kier alpha value is -1.68. The van der Waals surface area contributed by atoms with Crippen molar-refractivity contribution in [3.8, 4) is 0 Å². The molecule has 0 bridgehead atoms. The highest BCUT2D eigenvalue weighted by Crippen LogP contribution is 2.26. The molecule has 104 valence electrons. The van der Waals surface area contributed by atoms with Gasteiger partial charge in [-0.3, -0.25) is 4.79 Å². The van der Waals surface area contributed by atoms with E-state index >= 15 is 0 Å². The minimum absolute atomic E-state index is 0.167. The zero-order chi connectivity index (χ0) is 14.7. The molecule has 2 rings (SSSR count). The van der Waals surface area contributed by atoms with Crippen LogP contribution >= 0.6 is 11.8 Å². The maximum absolute atomic E-state index is 11.6. The van der Waals surface area contributed by atoms with E-state index in [1.54, 1.807) is 0 Å².